The van der Waals surface area contributed by atoms with Crippen LogP contribution in [0, 0.1) is 17.3 Å². The van der Waals surface area contributed by atoms with Gasteiger partial charge in [0.05, 0.1) is 11.1 Å². The second kappa shape index (κ2) is 8.72. The van der Waals surface area contributed by atoms with E-state index in [0.717, 1.165) is 44.5 Å². The Morgan fingerprint density at radius 1 is 1.17 bits per heavy atom. The smallest absolute Gasteiger partial charge is 0.272 e. The summed E-state index contributed by atoms with van der Waals surface area (Å²) in [7, 11) is 1.85. The van der Waals surface area contributed by atoms with Crippen LogP contribution in [0.4, 0.5) is 0 Å². The Bertz CT molecular complexity index is 780. The monoisotopic (exact) mass is 414 g/mol. The molecule has 0 N–H and O–H groups in total. The number of hydrogen-bond donors (Lipinski definition) is 0. The summed E-state index contributed by atoms with van der Waals surface area (Å²) in [5.74, 6) is 1.51. The minimum absolute atomic E-state index is 0.0223. The number of likely N-dealkylation sites (tertiary alicyclic amines) is 2. The molecule has 0 aromatic carbocycles. The topological polar surface area (TPSA) is 58.4 Å². The standard InChI is InChI=1S/C24H38N4O2/c1-18(2)14-20-15-21(26(3)25-20)22(29)28-13-11-24(17-28)10-7-12-27(23(24)30)16-19-8-5-4-6-9-19/h15,18-19H,4-14,16-17H2,1-3H3/t24-/m1/s1. The molecule has 1 atom stereocenters. The minimum atomic E-state index is -0.359. The summed E-state index contributed by atoms with van der Waals surface area (Å²) >= 11 is 0. The Balaban J connectivity index is 1.42. The summed E-state index contributed by atoms with van der Waals surface area (Å²) in [6, 6.07) is 1.94. The molecule has 3 heterocycles. The number of piperidine rings is 1. The van der Waals surface area contributed by atoms with Gasteiger partial charge in [-0.25, -0.2) is 0 Å². The largest absolute Gasteiger partial charge is 0.342 e. The van der Waals surface area contributed by atoms with Gasteiger partial charge in [0.2, 0.25) is 5.91 Å². The molecule has 3 fully saturated rings. The molecule has 0 radical (unpaired) electrons. The zero-order valence-electron chi connectivity index (χ0n) is 19.0. The van der Waals surface area contributed by atoms with Crippen LogP contribution in [-0.4, -0.2) is 57.6 Å². The average Bonchev–Trinajstić information content (AvgIpc) is 3.30. The number of nitrogens with zero attached hydrogens (tertiary/aromatic N) is 4. The first-order valence-electron chi connectivity index (χ1n) is 12.0. The zero-order chi connectivity index (χ0) is 21.3. The van der Waals surface area contributed by atoms with Crippen LogP contribution in [0.15, 0.2) is 6.07 Å². The van der Waals surface area contributed by atoms with Crippen LogP contribution in [0.25, 0.3) is 0 Å². The van der Waals surface area contributed by atoms with E-state index in [9.17, 15) is 9.59 Å². The van der Waals surface area contributed by atoms with E-state index in [-0.39, 0.29) is 11.3 Å². The van der Waals surface area contributed by atoms with Crippen molar-refractivity contribution in [3.8, 4) is 0 Å². The highest BCUT2D eigenvalue weighted by Gasteiger charge is 2.49. The second-order valence-electron chi connectivity index (χ2n) is 10.4. The third-order valence-electron chi connectivity index (χ3n) is 7.44. The van der Waals surface area contributed by atoms with Crippen molar-refractivity contribution in [3.05, 3.63) is 17.5 Å². The van der Waals surface area contributed by atoms with Gasteiger partial charge in [0.25, 0.3) is 5.91 Å². The Morgan fingerprint density at radius 2 is 1.93 bits per heavy atom. The normalized spacial score (nSPS) is 25.7. The molecule has 2 saturated heterocycles. The Hall–Kier alpha value is -1.85. The number of carbonyl (C=O) groups is 2. The minimum Gasteiger partial charge on any atom is -0.342 e. The van der Waals surface area contributed by atoms with Crippen LogP contribution in [0.5, 0.6) is 0 Å². The van der Waals surface area contributed by atoms with Crippen LogP contribution in [0.1, 0.15) is 81.4 Å². The van der Waals surface area contributed by atoms with E-state index in [1.807, 2.05) is 18.0 Å². The van der Waals surface area contributed by atoms with Crippen LogP contribution in [0.3, 0.4) is 0 Å². The maximum absolute atomic E-state index is 13.5. The predicted octanol–water partition coefficient (Wildman–Crippen LogP) is 3.65. The van der Waals surface area contributed by atoms with E-state index >= 15 is 0 Å². The number of rotatable bonds is 5. The first kappa shape index (κ1) is 21.4. The molecule has 2 amide bonds. The van der Waals surface area contributed by atoms with Gasteiger partial charge in [0.1, 0.15) is 5.69 Å². The summed E-state index contributed by atoms with van der Waals surface area (Å²) in [6.07, 6.45) is 10.1. The summed E-state index contributed by atoms with van der Waals surface area (Å²) in [6.45, 7) is 7.38. The number of aryl methyl sites for hydroxylation is 1. The van der Waals surface area contributed by atoms with Gasteiger partial charge in [-0.15, -0.1) is 0 Å². The molecule has 6 nitrogen and oxygen atoms in total. The summed E-state index contributed by atoms with van der Waals surface area (Å²) in [4.78, 5) is 30.8. The van der Waals surface area contributed by atoms with Crippen LogP contribution < -0.4 is 0 Å². The maximum atomic E-state index is 13.5. The molecule has 1 saturated carbocycles. The van der Waals surface area contributed by atoms with Crippen molar-refractivity contribution in [2.75, 3.05) is 26.2 Å². The SMILES string of the molecule is CC(C)Cc1cc(C(=O)N2CC[C@]3(CCCN(CC4CCCCC4)C3=O)C2)n(C)n1. The van der Waals surface area contributed by atoms with Gasteiger partial charge in [-0.3, -0.25) is 14.3 Å². The number of carbonyl (C=O) groups excluding carboxylic acids is 2. The summed E-state index contributed by atoms with van der Waals surface area (Å²) in [5.41, 5.74) is 1.25. The van der Waals surface area contributed by atoms with Gasteiger partial charge in [0.15, 0.2) is 0 Å². The lowest BCUT2D eigenvalue weighted by Crippen LogP contribution is -2.51. The van der Waals surface area contributed by atoms with Crippen LogP contribution in [0.2, 0.25) is 0 Å². The summed E-state index contributed by atoms with van der Waals surface area (Å²) < 4.78 is 1.71. The number of aromatic nitrogens is 2. The van der Waals surface area contributed by atoms with Crippen molar-refractivity contribution in [2.24, 2.45) is 24.3 Å². The first-order chi connectivity index (χ1) is 14.4. The van der Waals surface area contributed by atoms with Gasteiger partial charge >= 0.3 is 0 Å². The molecule has 1 aromatic heterocycles. The molecule has 2 aliphatic heterocycles. The molecular weight excluding hydrogens is 376 g/mol. The molecule has 1 aliphatic carbocycles. The molecule has 4 rings (SSSR count). The average molecular weight is 415 g/mol. The molecule has 6 heteroatoms. The predicted molar refractivity (Wildman–Crippen MR) is 117 cm³/mol. The van der Waals surface area contributed by atoms with Gasteiger partial charge in [-0.1, -0.05) is 33.1 Å². The highest BCUT2D eigenvalue weighted by atomic mass is 16.2. The number of hydrogen-bond acceptors (Lipinski definition) is 3. The fourth-order valence-electron chi connectivity index (χ4n) is 5.84. The van der Waals surface area contributed by atoms with E-state index in [0.29, 0.717) is 36.5 Å². The van der Waals surface area contributed by atoms with Gasteiger partial charge in [0, 0.05) is 33.2 Å². The van der Waals surface area contributed by atoms with Gasteiger partial charge in [-0.2, -0.15) is 5.10 Å². The Labute approximate surface area is 181 Å². The van der Waals surface area contributed by atoms with E-state index in [1.54, 1.807) is 4.68 Å². The highest BCUT2D eigenvalue weighted by molar-refractivity contribution is 5.94. The third-order valence-corrected chi connectivity index (χ3v) is 7.44. The van der Waals surface area contributed by atoms with Crippen LogP contribution in [-0.2, 0) is 18.3 Å². The lowest BCUT2D eigenvalue weighted by atomic mass is 9.77. The fourth-order valence-corrected chi connectivity index (χ4v) is 5.84. The quantitative estimate of drug-likeness (QED) is 0.739. The highest BCUT2D eigenvalue weighted by Crippen LogP contribution is 2.41. The molecule has 0 unspecified atom stereocenters. The maximum Gasteiger partial charge on any atom is 0.272 e. The van der Waals surface area contributed by atoms with E-state index < -0.39 is 0 Å². The van der Waals surface area contributed by atoms with Gasteiger partial charge in [-0.05, 0) is 56.4 Å². The van der Waals surface area contributed by atoms with Gasteiger partial charge < -0.3 is 9.80 Å². The fraction of sp³-hybridized carbons (Fsp3) is 0.792. The third kappa shape index (κ3) is 4.28. The van der Waals surface area contributed by atoms with E-state index in [1.165, 1.54) is 32.1 Å². The number of amides is 2. The summed E-state index contributed by atoms with van der Waals surface area (Å²) in [5, 5.41) is 4.53. The molecule has 166 valence electrons. The Morgan fingerprint density at radius 3 is 2.67 bits per heavy atom. The van der Waals surface area contributed by atoms with Crippen molar-refractivity contribution >= 4 is 11.8 Å². The molecule has 1 aromatic rings. The second-order valence-corrected chi connectivity index (χ2v) is 10.4. The van der Waals surface area contributed by atoms with Crippen molar-refractivity contribution in [3.63, 3.8) is 0 Å². The lowest BCUT2D eigenvalue weighted by Gasteiger charge is -2.41. The molecule has 0 bridgehead atoms. The first-order valence-corrected chi connectivity index (χ1v) is 12.0. The van der Waals surface area contributed by atoms with E-state index in [2.05, 4.69) is 23.8 Å². The Kier molecular flexibility index (Phi) is 6.21. The van der Waals surface area contributed by atoms with Crippen molar-refractivity contribution in [1.29, 1.82) is 0 Å². The molecule has 30 heavy (non-hydrogen) atoms. The van der Waals surface area contributed by atoms with Crippen LogP contribution >= 0.6 is 0 Å². The zero-order valence-corrected chi connectivity index (χ0v) is 19.0. The lowest BCUT2D eigenvalue weighted by molar-refractivity contribution is -0.146. The van der Waals surface area contributed by atoms with Crippen molar-refractivity contribution in [1.82, 2.24) is 19.6 Å². The van der Waals surface area contributed by atoms with E-state index in [4.69, 9.17) is 0 Å². The molecule has 3 aliphatic rings. The van der Waals surface area contributed by atoms with Crippen molar-refractivity contribution in [2.45, 2.75) is 71.6 Å². The molecule has 1 spiro atoms. The van der Waals surface area contributed by atoms with Crippen molar-refractivity contribution < 1.29 is 9.59 Å². The molecular formula is C24H38N4O2.